The van der Waals surface area contributed by atoms with Gasteiger partial charge in [0.15, 0.2) is 0 Å². The summed E-state index contributed by atoms with van der Waals surface area (Å²) in [6.07, 6.45) is 4.43. The first kappa shape index (κ1) is 19.4. The Morgan fingerprint density at radius 1 is 1.56 bits per heavy atom. The molecule has 0 radical (unpaired) electrons. The average Bonchev–Trinajstić information content (AvgIpc) is 2.97. The van der Waals surface area contributed by atoms with E-state index in [1.165, 1.54) is 16.8 Å². The molecule has 9 nitrogen and oxygen atoms in total. The van der Waals surface area contributed by atoms with Gasteiger partial charge >= 0.3 is 13.5 Å². The van der Waals surface area contributed by atoms with Crippen LogP contribution in [0.15, 0.2) is 40.3 Å². The third kappa shape index (κ3) is 5.27. The van der Waals surface area contributed by atoms with Gasteiger partial charge in [-0.25, -0.2) is 9.36 Å². The second-order valence-corrected chi connectivity index (χ2v) is 6.97. The Kier molecular flexibility index (Phi) is 6.18. The Morgan fingerprint density at radius 2 is 2.28 bits per heavy atom. The number of aromatic amines is 1. The number of aryl methyl sites for hydroxylation is 1. The number of hydrogen-bond donors (Lipinski definition) is 2. The number of aromatic nitrogens is 2. The summed E-state index contributed by atoms with van der Waals surface area (Å²) >= 11 is 0. The molecule has 10 heteroatoms. The molecule has 0 saturated carbocycles. The number of nitrogens with zero attached hydrogens (tertiary/aromatic N) is 1. The molecule has 3 atom stereocenters. The highest BCUT2D eigenvalue weighted by atomic mass is 31.2. The van der Waals surface area contributed by atoms with Gasteiger partial charge in [-0.2, -0.15) is 0 Å². The highest BCUT2D eigenvalue weighted by Gasteiger charge is 2.31. The van der Waals surface area contributed by atoms with Crippen molar-refractivity contribution in [1.29, 1.82) is 0 Å². The Morgan fingerprint density at radius 3 is 2.96 bits per heavy atom. The Labute approximate surface area is 144 Å². The summed E-state index contributed by atoms with van der Waals surface area (Å²) < 4.78 is 28.4. The topological polar surface area (TPSA) is 120 Å². The van der Waals surface area contributed by atoms with Gasteiger partial charge in [-0.15, -0.1) is 0 Å². The van der Waals surface area contributed by atoms with Crippen LogP contribution in [0.1, 0.15) is 31.6 Å². The first-order chi connectivity index (χ1) is 11.7. The van der Waals surface area contributed by atoms with Crippen LogP contribution in [0.2, 0.25) is 0 Å². The van der Waals surface area contributed by atoms with Crippen molar-refractivity contribution >= 4 is 7.82 Å². The lowest BCUT2D eigenvalue weighted by Crippen LogP contribution is -2.33. The van der Waals surface area contributed by atoms with Gasteiger partial charge in [-0.1, -0.05) is 12.7 Å². The summed E-state index contributed by atoms with van der Waals surface area (Å²) in [5.74, 6) is 0.00816. The van der Waals surface area contributed by atoms with Gasteiger partial charge in [-0.3, -0.25) is 23.8 Å². The van der Waals surface area contributed by atoms with Crippen molar-refractivity contribution in [3.05, 3.63) is 57.1 Å². The second kappa shape index (κ2) is 7.97. The zero-order valence-corrected chi connectivity index (χ0v) is 14.9. The normalized spacial score (nSPS) is 22.8. The maximum absolute atomic E-state index is 11.9. The molecule has 1 aliphatic heterocycles. The summed E-state index contributed by atoms with van der Waals surface area (Å²) in [7, 11) is -4.29. The van der Waals surface area contributed by atoms with Crippen molar-refractivity contribution in [3.8, 4) is 0 Å². The molecule has 2 N–H and O–H groups in total. The van der Waals surface area contributed by atoms with E-state index in [9.17, 15) is 19.0 Å². The lowest BCUT2D eigenvalue weighted by Gasteiger charge is -2.18. The van der Waals surface area contributed by atoms with Crippen molar-refractivity contribution in [2.24, 2.45) is 0 Å². The highest BCUT2D eigenvalue weighted by Crippen LogP contribution is 2.46. The number of H-pyrrole nitrogens is 1. The third-order valence-electron chi connectivity index (χ3n) is 3.55. The van der Waals surface area contributed by atoms with Crippen LogP contribution in [0.25, 0.3) is 0 Å². The van der Waals surface area contributed by atoms with E-state index in [1.807, 2.05) is 0 Å². The fourth-order valence-electron chi connectivity index (χ4n) is 2.38. The predicted octanol–water partition coefficient (Wildman–Crippen LogP) is 1.75. The van der Waals surface area contributed by atoms with Gasteiger partial charge in [0.25, 0.3) is 5.56 Å². The van der Waals surface area contributed by atoms with E-state index in [0.717, 1.165) is 0 Å². The first-order valence-electron chi connectivity index (χ1n) is 7.68. The molecular weight excluding hydrogens is 351 g/mol. The fraction of sp³-hybridized carbons (Fsp3) is 0.467. The van der Waals surface area contributed by atoms with E-state index in [1.54, 1.807) is 19.9 Å². The van der Waals surface area contributed by atoms with E-state index >= 15 is 0 Å². The summed E-state index contributed by atoms with van der Waals surface area (Å²) in [6, 6.07) is 0. The van der Waals surface area contributed by atoms with E-state index in [2.05, 4.69) is 11.6 Å². The third-order valence-corrected chi connectivity index (χ3v) is 4.49. The lowest BCUT2D eigenvalue weighted by atomic mass is 10.2. The predicted molar refractivity (Wildman–Crippen MR) is 90.0 cm³/mol. The molecule has 1 aromatic rings. The maximum atomic E-state index is 11.9. The van der Waals surface area contributed by atoms with Gasteiger partial charge in [-0.05, 0) is 32.8 Å². The summed E-state index contributed by atoms with van der Waals surface area (Å²) in [5.41, 5.74) is -0.626. The molecule has 1 saturated heterocycles. The molecule has 1 aromatic heterocycles. The molecule has 138 valence electrons. The Balaban J connectivity index is 1.94. The number of phosphoric acid groups is 1. The monoisotopic (exact) mass is 372 g/mol. The minimum Gasteiger partial charge on any atom is -0.405 e. The van der Waals surface area contributed by atoms with Crippen LogP contribution < -0.4 is 11.2 Å². The molecule has 2 rings (SSSR count). The van der Waals surface area contributed by atoms with Crippen LogP contribution >= 0.6 is 7.82 Å². The molecule has 0 aromatic carbocycles. The van der Waals surface area contributed by atoms with Crippen LogP contribution in [0.3, 0.4) is 0 Å². The SMILES string of the molecule is C=C(/C=C\C)OP(=O)(O)OCC1CCC(n2cc(C)c(=O)[nH]c2=O)O1. The number of nitrogens with one attached hydrogen (secondary N) is 1. The van der Waals surface area contributed by atoms with Crippen molar-refractivity contribution in [1.82, 2.24) is 9.55 Å². The Hall–Kier alpha value is -1.93. The molecule has 3 unspecified atom stereocenters. The van der Waals surface area contributed by atoms with Gasteiger partial charge < -0.3 is 9.26 Å². The molecule has 1 fully saturated rings. The van der Waals surface area contributed by atoms with Crippen LogP contribution in [0.4, 0.5) is 0 Å². The number of allylic oxidation sites excluding steroid dienone is 2. The van der Waals surface area contributed by atoms with E-state index < -0.39 is 31.4 Å². The quantitative estimate of drug-likeness (QED) is 0.425. The number of rotatable bonds is 7. The average molecular weight is 372 g/mol. The first-order valence-corrected chi connectivity index (χ1v) is 9.17. The number of phosphoric ester groups is 1. The zero-order valence-electron chi connectivity index (χ0n) is 14.0. The van der Waals surface area contributed by atoms with Crippen molar-refractivity contribution < 1.29 is 23.2 Å². The Bertz CT molecular complexity index is 826. The van der Waals surface area contributed by atoms with Crippen LogP contribution in [0.5, 0.6) is 0 Å². The molecule has 2 heterocycles. The van der Waals surface area contributed by atoms with E-state index in [0.29, 0.717) is 18.4 Å². The van der Waals surface area contributed by atoms with Crippen molar-refractivity contribution in [3.63, 3.8) is 0 Å². The molecule has 0 spiro atoms. The zero-order chi connectivity index (χ0) is 18.6. The molecular formula is C15H21N2O7P. The second-order valence-electron chi connectivity index (χ2n) is 5.59. The summed E-state index contributed by atoms with van der Waals surface area (Å²) in [5, 5.41) is 0. The molecule has 0 amide bonds. The van der Waals surface area contributed by atoms with Gasteiger partial charge in [0.2, 0.25) is 0 Å². The van der Waals surface area contributed by atoms with E-state index in [4.69, 9.17) is 13.8 Å². The smallest absolute Gasteiger partial charge is 0.405 e. The van der Waals surface area contributed by atoms with Gasteiger partial charge in [0.1, 0.15) is 12.0 Å². The minimum absolute atomic E-state index is 0.00816. The molecule has 0 bridgehead atoms. The number of hydrogen-bond acceptors (Lipinski definition) is 6. The molecule has 25 heavy (non-hydrogen) atoms. The lowest BCUT2D eigenvalue weighted by molar-refractivity contribution is -0.0249. The van der Waals surface area contributed by atoms with Crippen LogP contribution in [-0.2, 0) is 18.3 Å². The van der Waals surface area contributed by atoms with Crippen molar-refractivity contribution in [2.75, 3.05) is 6.61 Å². The largest absolute Gasteiger partial charge is 0.527 e. The van der Waals surface area contributed by atoms with Gasteiger partial charge in [0.05, 0.1) is 12.7 Å². The van der Waals surface area contributed by atoms with Crippen LogP contribution in [0, 0.1) is 6.92 Å². The highest BCUT2D eigenvalue weighted by molar-refractivity contribution is 7.47. The summed E-state index contributed by atoms with van der Waals surface area (Å²) in [4.78, 5) is 35.1. The van der Waals surface area contributed by atoms with Crippen molar-refractivity contribution in [2.45, 2.75) is 39.0 Å². The maximum Gasteiger partial charge on any atom is 0.527 e. The fourth-order valence-corrected chi connectivity index (χ4v) is 3.15. The van der Waals surface area contributed by atoms with E-state index in [-0.39, 0.29) is 12.4 Å². The molecule has 0 aliphatic carbocycles. The minimum atomic E-state index is -4.29. The standard InChI is InChI=1S/C15H21N2O7P/c1-4-5-11(3)24-25(20,21)22-9-12-6-7-13(23-12)17-8-10(2)14(18)16-15(17)19/h4-5,8,12-13H,3,6-7,9H2,1-2H3,(H,20,21)(H,16,18,19)/b5-4-. The number of ether oxygens (including phenoxy) is 1. The van der Waals surface area contributed by atoms with Crippen LogP contribution in [-0.4, -0.2) is 27.2 Å². The van der Waals surface area contributed by atoms with Gasteiger partial charge in [0, 0.05) is 11.8 Å². The summed E-state index contributed by atoms with van der Waals surface area (Å²) in [6.45, 7) is 6.59. The molecule has 1 aliphatic rings.